The molecule has 1 saturated heterocycles. The number of rotatable bonds is 3. The largest absolute Gasteiger partial charge is 0.340 e. The lowest BCUT2D eigenvalue weighted by atomic mass is 9.98. The average molecular weight is 194 g/mol. The maximum absolute atomic E-state index is 11.7. The highest BCUT2D eigenvalue weighted by atomic mass is 16.2. The van der Waals surface area contributed by atoms with Gasteiger partial charge in [-0.2, -0.15) is 0 Å². The molecule has 3 nitrogen and oxygen atoms in total. The summed E-state index contributed by atoms with van der Waals surface area (Å²) >= 11 is 0. The van der Waals surface area contributed by atoms with Crippen molar-refractivity contribution in [3.8, 4) is 12.3 Å². The SMILES string of the molecule is C#CC(C)(CC)NC(=O)[C@H]1CCNC1. The Bertz CT molecular complexity index is 251. The van der Waals surface area contributed by atoms with Crippen LogP contribution in [0.4, 0.5) is 0 Å². The number of amides is 1. The molecule has 3 heteroatoms. The first kappa shape index (κ1) is 11.1. The molecule has 1 fully saturated rings. The number of nitrogens with one attached hydrogen (secondary N) is 2. The van der Waals surface area contributed by atoms with Gasteiger partial charge in [0, 0.05) is 6.54 Å². The van der Waals surface area contributed by atoms with Crippen molar-refractivity contribution in [1.29, 1.82) is 0 Å². The number of carbonyl (C=O) groups excluding carboxylic acids is 1. The molecule has 0 aromatic carbocycles. The van der Waals surface area contributed by atoms with Crippen molar-refractivity contribution >= 4 is 5.91 Å². The molecule has 0 aromatic heterocycles. The molecule has 1 heterocycles. The lowest BCUT2D eigenvalue weighted by Gasteiger charge is -2.25. The Hall–Kier alpha value is -1.01. The molecule has 14 heavy (non-hydrogen) atoms. The van der Waals surface area contributed by atoms with Gasteiger partial charge in [0.05, 0.1) is 11.5 Å². The molecule has 2 atom stereocenters. The molecule has 0 radical (unpaired) electrons. The van der Waals surface area contributed by atoms with Gasteiger partial charge in [-0.3, -0.25) is 4.79 Å². The molecule has 0 spiro atoms. The molecular formula is C11H18N2O. The Morgan fingerprint density at radius 3 is 2.93 bits per heavy atom. The third kappa shape index (κ3) is 2.49. The summed E-state index contributed by atoms with van der Waals surface area (Å²) in [6, 6.07) is 0. The molecule has 1 aliphatic rings. The quantitative estimate of drug-likeness (QED) is 0.643. The molecule has 1 amide bonds. The fraction of sp³-hybridized carbons (Fsp3) is 0.727. The van der Waals surface area contributed by atoms with Gasteiger partial charge in [-0.15, -0.1) is 6.42 Å². The van der Waals surface area contributed by atoms with Crippen LogP contribution in [-0.2, 0) is 4.79 Å². The van der Waals surface area contributed by atoms with Gasteiger partial charge in [0.25, 0.3) is 0 Å². The number of terminal acetylenes is 1. The monoisotopic (exact) mass is 194 g/mol. The van der Waals surface area contributed by atoms with Crippen molar-refractivity contribution in [2.75, 3.05) is 13.1 Å². The van der Waals surface area contributed by atoms with Gasteiger partial charge >= 0.3 is 0 Å². The summed E-state index contributed by atoms with van der Waals surface area (Å²) in [7, 11) is 0. The molecule has 0 aliphatic carbocycles. The van der Waals surface area contributed by atoms with E-state index in [0.29, 0.717) is 0 Å². The van der Waals surface area contributed by atoms with Crippen LogP contribution in [0, 0.1) is 18.3 Å². The molecule has 1 rings (SSSR count). The van der Waals surface area contributed by atoms with Gasteiger partial charge < -0.3 is 10.6 Å². The summed E-state index contributed by atoms with van der Waals surface area (Å²) in [5.74, 6) is 2.80. The van der Waals surface area contributed by atoms with Crippen LogP contribution in [-0.4, -0.2) is 24.5 Å². The fourth-order valence-corrected chi connectivity index (χ4v) is 1.48. The van der Waals surface area contributed by atoms with E-state index in [1.165, 1.54) is 0 Å². The average Bonchev–Trinajstić information content (AvgIpc) is 2.70. The highest BCUT2D eigenvalue weighted by molar-refractivity contribution is 5.80. The standard InChI is InChI=1S/C11H18N2O/c1-4-11(3,5-2)13-10(14)9-6-7-12-8-9/h1,9,12H,5-8H2,2-3H3,(H,13,14)/t9-,11?/m0/s1. The van der Waals surface area contributed by atoms with E-state index in [1.54, 1.807) is 0 Å². The minimum atomic E-state index is -0.486. The van der Waals surface area contributed by atoms with E-state index in [2.05, 4.69) is 16.6 Å². The Kier molecular flexibility index (Phi) is 3.54. The van der Waals surface area contributed by atoms with Crippen molar-refractivity contribution in [2.45, 2.75) is 32.2 Å². The summed E-state index contributed by atoms with van der Waals surface area (Å²) in [5, 5.41) is 6.08. The van der Waals surface area contributed by atoms with Gasteiger partial charge in [-0.05, 0) is 26.3 Å². The zero-order valence-electron chi connectivity index (χ0n) is 8.89. The van der Waals surface area contributed by atoms with Crippen LogP contribution in [0.3, 0.4) is 0 Å². The Labute approximate surface area is 85.6 Å². The van der Waals surface area contributed by atoms with Crippen molar-refractivity contribution < 1.29 is 4.79 Å². The van der Waals surface area contributed by atoms with E-state index in [4.69, 9.17) is 6.42 Å². The van der Waals surface area contributed by atoms with Crippen LogP contribution in [0.5, 0.6) is 0 Å². The zero-order valence-corrected chi connectivity index (χ0v) is 8.89. The first-order chi connectivity index (χ1) is 6.61. The van der Waals surface area contributed by atoms with Crippen LogP contribution in [0.25, 0.3) is 0 Å². The molecular weight excluding hydrogens is 176 g/mol. The summed E-state index contributed by atoms with van der Waals surface area (Å²) < 4.78 is 0. The third-order valence-electron chi connectivity index (χ3n) is 2.86. The zero-order chi connectivity index (χ0) is 10.6. The normalized spacial score (nSPS) is 25.1. The van der Waals surface area contributed by atoms with E-state index in [0.717, 1.165) is 25.9 Å². The maximum atomic E-state index is 11.7. The van der Waals surface area contributed by atoms with Gasteiger partial charge in [-0.1, -0.05) is 12.8 Å². The number of hydrogen-bond acceptors (Lipinski definition) is 2. The molecule has 2 N–H and O–H groups in total. The molecule has 78 valence electrons. The van der Waals surface area contributed by atoms with Crippen molar-refractivity contribution in [3.63, 3.8) is 0 Å². The van der Waals surface area contributed by atoms with Gasteiger partial charge in [0.2, 0.25) is 5.91 Å². The Morgan fingerprint density at radius 1 is 1.79 bits per heavy atom. The molecule has 0 bridgehead atoms. The number of hydrogen-bond donors (Lipinski definition) is 2. The predicted molar refractivity (Wildman–Crippen MR) is 56.6 cm³/mol. The predicted octanol–water partition coefficient (Wildman–Crippen LogP) is 0.514. The summed E-state index contributed by atoms with van der Waals surface area (Å²) in [6.45, 7) is 5.56. The van der Waals surface area contributed by atoms with Gasteiger partial charge in [0.15, 0.2) is 0 Å². The minimum Gasteiger partial charge on any atom is -0.340 e. The van der Waals surface area contributed by atoms with Crippen LogP contribution < -0.4 is 10.6 Å². The van der Waals surface area contributed by atoms with E-state index >= 15 is 0 Å². The second-order valence-corrected chi connectivity index (χ2v) is 4.01. The smallest absolute Gasteiger partial charge is 0.225 e. The van der Waals surface area contributed by atoms with Crippen molar-refractivity contribution in [3.05, 3.63) is 0 Å². The topological polar surface area (TPSA) is 41.1 Å². The first-order valence-electron chi connectivity index (χ1n) is 5.12. The van der Waals surface area contributed by atoms with Crippen molar-refractivity contribution in [1.82, 2.24) is 10.6 Å². The molecule has 1 unspecified atom stereocenters. The summed E-state index contributed by atoms with van der Waals surface area (Å²) in [4.78, 5) is 11.7. The Morgan fingerprint density at radius 2 is 2.50 bits per heavy atom. The molecule has 0 saturated carbocycles. The second kappa shape index (κ2) is 4.47. The van der Waals surface area contributed by atoms with E-state index in [9.17, 15) is 4.79 Å². The minimum absolute atomic E-state index is 0.0808. The van der Waals surface area contributed by atoms with E-state index in [-0.39, 0.29) is 11.8 Å². The van der Waals surface area contributed by atoms with E-state index < -0.39 is 5.54 Å². The molecule has 0 aromatic rings. The summed E-state index contributed by atoms with van der Waals surface area (Å²) in [5.41, 5.74) is -0.486. The molecule has 1 aliphatic heterocycles. The lowest BCUT2D eigenvalue weighted by molar-refractivity contribution is -0.125. The lowest BCUT2D eigenvalue weighted by Crippen LogP contribution is -2.47. The fourth-order valence-electron chi connectivity index (χ4n) is 1.48. The van der Waals surface area contributed by atoms with Gasteiger partial charge in [0.1, 0.15) is 0 Å². The first-order valence-corrected chi connectivity index (χ1v) is 5.12. The van der Waals surface area contributed by atoms with E-state index in [1.807, 2.05) is 13.8 Å². The van der Waals surface area contributed by atoms with Crippen LogP contribution >= 0.6 is 0 Å². The van der Waals surface area contributed by atoms with Crippen LogP contribution in [0.2, 0.25) is 0 Å². The number of carbonyl (C=O) groups is 1. The van der Waals surface area contributed by atoms with Crippen molar-refractivity contribution in [2.24, 2.45) is 5.92 Å². The second-order valence-electron chi connectivity index (χ2n) is 4.01. The highest BCUT2D eigenvalue weighted by Crippen LogP contribution is 2.12. The Balaban J connectivity index is 2.51. The summed E-state index contributed by atoms with van der Waals surface area (Å²) in [6.07, 6.45) is 7.06. The van der Waals surface area contributed by atoms with Gasteiger partial charge in [-0.25, -0.2) is 0 Å². The van der Waals surface area contributed by atoms with Crippen LogP contribution in [0.1, 0.15) is 26.7 Å². The maximum Gasteiger partial charge on any atom is 0.225 e. The highest BCUT2D eigenvalue weighted by Gasteiger charge is 2.28. The van der Waals surface area contributed by atoms with Crippen LogP contribution in [0.15, 0.2) is 0 Å². The third-order valence-corrected chi connectivity index (χ3v) is 2.86.